The fourth-order valence-corrected chi connectivity index (χ4v) is 3.05. The lowest BCUT2D eigenvalue weighted by atomic mass is 9.82. The molecule has 0 aromatic heterocycles. The Hall–Kier alpha value is -2.61. The average Bonchev–Trinajstić information content (AvgIpc) is 2.65. The molecule has 1 aromatic rings. The van der Waals surface area contributed by atoms with E-state index in [4.69, 9.17) is 21.4 Å². The lowest BCUT2D eigenvalue weighted by Gasteiger charge is -2.26. The Morgan fingerprint density at radius 2 is 1.85 bits per heavy atom. The van der Waals surface area contributed by atoms with Gasteiger partial charge in [0.15, 0.2) is 5.96 Å². The molecule has 1 fully saturated rings. The van der Waals surface area contributed by atoms with Crippen molar-refractivity contribution in [1.29, 1.82) is 0 Å². The van der Waals surface area contributed by atoms with Crippen LogP contribution in [0.4, 0.5) is 0 Å². The molecule has 26 heavy (non-hydrogen) atoms. The van der Waals surface area contributed by atoms with E-state index in [1.165, 1.54) is 0 Å². The van der Waals surface area contributed by atoms with Crippen molar-refractivity contribution >= 4 is 17.8 Å². The number of guanidine groups is 1. The SMILES string of the molecule is NC(N)=NCC1CCC(C(=O)Oc2ccc(CCC(=O)NO)cc2)CC1.[HH]. The summed E-state index contributed by atoms with van der Waals surface area (Å²) in [5, 5.41) is 8.48. The number of aryl methyl sites for hydroxylation is 1. The minimum absolute atomic E-state index is 0. The second-order valence-electron chi connectivity index (χ2n) is 6.58. The molecule has 0 atom stereocenters. The van der Waals surface area contributed by atoms with Crippen molar-refractivity contribution in [2.75, 3.05) is 6.54 Å². The Kier molecular flexibility index (Phi) is 7.40. The number of hydrogen-bond donors (Lipinski definition) is 4. The first-order chi connectivity index (χ1) is 12.5. The monoisotopic (exact) mass is 364 g/mol. The summed E-state index contributed by atoms with van der Waals surface area (Å²) in [5.41, 5.74) is 13.2. The van der Waals surface area contributed by atoms with Crippen LogP contribution in [0.15, 0.2) is 29.3 Å². The molecule has 8 nitrogen and oxygen atoms in total. The van der Waals surface area contributed by atoms with Gasteiger partial charge in [-0.25, -0.2) is 5.48 Å². The maximum Gasteiger partial charge on any atom is 0.314 e. The first-order valence-electron chi connectivity index (χ1n) is 8.77. The lowest BCUT2D eigenvalue weighted by molar-refractivity contribution is -0.140. The third-order valence-electron chi connectivity index (χ3n) is 4.62. The Bertz CT molecular complexity index is 639. The van der Waals surface area contributed by atoms with Crippen LogP contribution in [0.2, 0.25) is 0 Å². The largest absolute Gasteiger partial charge is 0.426 e. The molecule has 6 N–H and O–H groups in total. The van der Waals surface area contributed by atoms with Gasteiger partial charge in [0.2, 0.25) is 5.91 Å². The second kappa shape index (κ2) is 9.76. The maximum atomic E-state index is 12.3. The van der Waals surface area contributed by atoms with E-state index in [0.717, 1.165) is 31.2 Å². The van der Waals surface area contributed by atoms with Crippen molar-refractivity contribution in [3.05, 3.63) is 29.8 Å². The number of hydrogen-bond acceptors (Lipinski definition) is 5. The smallest absolute Gasteiger partial charge is 0.314 e. The molecule has 1 aliphatic carbocycles. The molecule has 0 saturated heterocycles. The van der Waals surface area contributed by atoms with Gasteiger partial charge in [0, 0.05) is 14.4 Å². The van der Waals surface area contributed by atoms with Crippen LogP contribution in [-0.4, -0.2) is 29.6 Å². The molecular formula is C18H28N4O4. The van der Waals surface area contributed by atoms with E-state index in [2.05, 4.69) is 4.99 Å². The number of benzene rings is 1. The van der Waals surface area contributed by atoms with Crippen LogP contribution in [0.25, 0.3) is 0 Å². The summed E-state index contributed by atoms with van der Waals surface area (Å²) in [6.45, 7) is 0.611. The first-order valence-corrected chi connectivity index (χ1v) is 8.77. The van der Waals surface area contributed by atoms with Crippen LogP contribution in [-0.2, 0) is 16.0 Å². The minimum Gasteiger partial charge on any atom is -0.426 e. The van der Waals surface area contributed by atoms with Crippen molar-refractivity contribution in [2.24, 2.45) is 28.3 Å². The minimum atomic E-state index is -0.434. The molecule has 1 aliphatic rings. The fraction of sp³-hybridized carbons (Fsp3) is 0.500. The van der Waals surface area contributed by atoms with Gasteiger partial charge in [0.05, 0.1) is 5.92 Å². The van der Waals surface area contributed by atoms with E-state index in [1.54, 1.807) is 29.7 Å². The fourth-order valence-electron chi connectivity index (χ4n) is 3.05. The summed E-state index contributed by atoms with van der Waals surface area (Å²) in [6.07, 6.45) is 4.06. The number of rotatable bonds is 7. The molecular weight excluding hydrogens is 336 g/mol. The van der Waals surface area contributed by atoms with Crippen LogP contribution in [0, 0.1) is 11.8 Å². The number of carbonyl (C=O) groups is 2. The van der Waals surface area contributed by atoms with Crippen molar-refractivity contribution in [3.63, 3.8) is 0 Å². The topological polar surface area (TPSA) is 140 Å². The molecule has 144 valence electrons. The summed E-state index contributed by atoms with van der Waals surface area (Å²) >= 11 is 0. The average molecular weight is 364 g/mol. The predicted molar refractivity (Wildman–Crippen MR) is 98.6 cm³/mol. The molecule has 0 bridgehead atoms. The Morgan fingerprint density at radius 3 is 2.42 bits per heavy atom. The molecule has 1 aromatic carbocycles. The molecule has 0 unspecified atom stereocenters. The van der Waals surface area contributed by atoms with Crippen molar-refractivity contribution < 1.29 is 21.0 Å². The van der Waals surface area contributed by atoms with Crippen molar-refractivity contribution in [2.45, 2.75) is 38.5 Å². The van der Waals surface area contributed by atoms with Crippen LogP contribution < -0.4 is 21.7 Å². The number of carbonyl (C=O) groups excluding carboxylic acids is 2. The number of amides is 1. The molecule has 0 radical (unpaired) electrons. The number of esters is 1. The van der Waals surface area contributed by atoms with Gasteiger partial charge in [0.1, 0.15) is 5.75 Å². The van der Waals surface area contributed by atoms with Crippen LogP contribution in [0.3, 0.4) is 0 Å². The maximum absolute atomic E-state index is 12.3. The molecule has 2 rings (SSSR count). The van der Waals surface area contributed by atoms with Gasteiger partial charge in [-0.1, -0.05) is 12.1 Å². The van der Waals surface area contributed by atoms with E-state index in [0.29, 0.717) is 24.6 Å². The van der Waals surface area contributed by atoms with Gasteiger partial charge in [-0.05, 0) is 55.7 Å². The molecule has 0 heterocycles. The predicted octanol–water partition coefficient (Wildman–Crippen LogP) is 1.36. The number of ether oxygens (including phenoxy) is 1. The summed E-state index contributed by atoms with van der Waals surface area (Å²) in [6, 6.07) is 7.04. The molecule has 1 amide bonds. The van der Waals surface area contributed by atoms with Crippen molar-refractivity contribution in [1.82, 2.24) is 5.48 Å². The molecule has 0 spiro atoms. The van der Waals surface area contributed by atoms with Crippen LogP contribution >= 0.6 is 0 Å². The van der Waals surface area contributed by atoms with E-state index in [1.807, 2.05) is 0 Å². The summed E-state index contributed by atoms with van der Waals surface area (Å²) < 4.78 is 5.46. The normalized spacial score (nSPS) is 19.4. The van der Waals surface area contributed by atoms with Gasteiger partial charge < -0.3 is 16.2 Å². The zero-order valence-corrected chi connectivity index (χ0v) is 14.7. The number of hydroxylamine groups is 1. The number of nitrogens with one attached hydrogen (secondary N) is 1. The Morgan fingerprint density at radius 1 is 1.19 bits per heavy atom. The zero-order valence-electron chi connectivity index (χ0n) is 14.7. The molecule has 0 aliphatic heterocycles. The second-order valence-corrected chi connectivity index (χ2v) is 6.58. The molecule has 8 heteroatoms. The third-order valence-corrected chi connectivity index (χ3v) is 4.62. The zero-order chi connectivity index (χ0) is 18.9. The van der Waals surface area contributed by atoms with E-state index < -0.39 is 5.91 Å². The van der Waals surface area contributed by atoms with E-state index >= 15 is 0 Å². The van der Waals surface area contributed by atoms with E-state index in [9.17, 15) is 9.59 Å². The first kappa shape index (κ1) is 19.7. The van der Waals surface area contributed by atoms with E-state index in [-0.39, 0.29) is 25.7 Å². The van der Waals surface area contributed by atoms with Gasteiger partial charge in [0.25, 0.3) is 0 Å². The summed E-state index contributed by atoms with van der Waals surface area (Å²) in [5.74, 6) is 0.267. The Balaban J connectivity index is 0.00000364. The summed E-state index contributed by atoms with van der Waals surface area (Å²) in [4.78, 5) is 27.4. The highest BCUT2D eigenvalue weighted by Crippen LogP contribution is 2.30. The lowest BCUT2D eigenvalue weighted by Crippen LogP contribution is -2.28. The van der Waals surface area contributed by atoms with Gasteiger partial charge >= 0.3 is 5.97 Å². The van der Waals surface area contributed by atoms with Gasteiger partial charge in [-0.2, -0.15) is 0 Å². The number of nitrogens with two attached hydrogens (primary N) is 2. The van der Waals surface area contributed by atoms with Gasteiger partial charge in [-0.3, -0.25) is 19.8 Å². The number of nitrogens with zero attached hydrogens (tertiary/aromatic N) is 1. The third kappa shape index (κ3) is 6.36. The molecule has 1 saturated carbocycles. The quantitative estimate of drug-likeness (QED) is 0.144. The number of aliphatic imine (C=N–C) groups is 1. The van der Waals surface area contributed by atoms with Crippen molar-refractivity contribution in [3.8, 4) is 5.75 Å². The van der Waals surface area contributed by atoms with Gasteiger partial charge in [-0.15, -0.1) is 0 Å². The Labute approximate surface area is 154 Å². The summed E-state index contributed by atoms with van der Waals surface area (Å²) in [7, 11) is 0. The highest BCUT2D eigenvalue weighted by molar-refractivity contribution is 5.76. The standard InChI is InChI=1S/C18H26N4O4.H2/c19-18(20)21-11-13-1-6-14(7-2-13)17(24)26-15-8-3-12(4-9-15)5-10-16(23)22-25;/h3-4,8-9,13-14,25H,1-2,5-7,10-11H2,(H,22,23)(H4,19,20,21);1H. The van der Waals surface area contributed by atoms with Crippen LogP contribution in [0.1, 0.15) is 39.1 Å². The highest BCUT2D eigenvalue weighted by atomic mass is 16.5. The van der Waals surface area contributed by atoms with Crippen LogP contribution in [0.5, 0.6) is 5.75 Å². The highest BCUT2D eigenvalue weighted by Gasteiger charge is 2.27.